The number of hydrogen-bond donors (Lipinski definition) is 0. The molecule has 23 heteroatoms. The predicted octanol–water partition coefficient (Wildman–Crippen LogP) is 11.5. The lowest BCUT2D eigenvalue weighted by Crippen LogP contribution is -2.67. The van der Waals surface area contributed by atoms with Gasteiger partial charge in [-0.3, -0.25) is 4.79 Å². The Kier molecular flexibility index (Phi) is 25.3. The highest BCUT2D eigenvalue weighted by Gasteiger charge is 2.56. The van der Waals surface area contributed by atoms with Crippen molar-refractivity contribution in [1.29, 1.82) is 0 Å². The molecule has 15 atom stereocenters. The minimum Gasteiger partial charge on any atom is -0.457 e. The zero-order chi connectivity index (χ0) is 61.1. The van der Waals surface area contributed by atoms with E-state index >= 15 is 0 Å². The summed E-state index contributed by atoms with van der Waals surface area (Å²) in [6.45, 7) is 5.04. The van der Waals surface area contributed by atoms with Gasteiger partial charge in [0.2, 0.25) is 0 Å². The molecule has 23 nitrogen and oxygen atoms in total. The molecule has 3 saturated heterocycles. The Morgan fingerprint density at radius 3 is 1.01 bits per heavy atom. The van der Waals surface area contributed by atoms with Crippen molar-refractivity contribution in [3.63, 3.8) is 0 Å². The fourth-order valence-corrected chi connectivity index (χ4v) is 10.6. The molecule has 88 heavy (non-hydrogen) atoms. The van der Waals surface area contributed by atoms with Gasteiger partial charge in [0.25, 0.3) is 0 Å². The molecule has 0 amide bonds. The zero-order valence-electron chi connectivity index (χ0n) is 48.6. The average molecular weight is 1200 g/mol. The summed E-state index contributed by atoms with van der Waals surface area (Å²) in [5.41, 5.74) is 36.2. The average Bonchev–Trinajstić information content (AvgIpc) is 0.917. The largest absolute Gasteiger partial charge is 0.457 e. The van der Waals surface area contributed by atoms with E-state index in [2.05, 4.69) is 36.7 Å². The molecular weight excluding hydrogens is 1130 g/mol. The minimum absolute atomic E-state index is 0.00476. The van der Waals surface area contributed by atoms with Crippen LogP contribution in [-0.2, 0) is 106 Å². The molecule has 0 saturated carbocycles. The third-order valence-corrected chi connectivity index (χ3v) is 14.7. The fourth-order valence-electron chi connectivity index (χ4n) is 10.6. The van der Waals surface area contributed by atoms with Crippen LogP contribution >= 0.6 is 0 Å². The first-order chi connectivity index (χ1) is 43.3. The van der Waals surface area contributed by atoms with Gasteiger partial charge in [-0.1, -0.05) is 203 Å². The van der Waals surface area contributed by atoms with E-state index in [1.54, 1.807) is 0 Å². The van der Waals surface area contributed by atoms with Crippen LogP contribution in [0.2, 0.25) is 0 Å². The number of carbonyl (C=O) groups excluding carboxylic acids is 1. The molecule has 3 aliphatic heterocycles. The van der Waals surface area contributed by atoms with Gasteiger partial charge in [0.05, 0.1) is 66.1 Å². The van der Waals surface area contributed by atoms with Gasteiger partial charge < -0.3 is 61.6 Å². The number of ether oxygens (including phenoxy) is 13. The zero-order valence-corrected chi connectivity index (χ0v) is 48.6. The molecule has 0 N–H and O–H groups in total. The number of carbonyl (C=O) groups is 1. The molecule has 3 fully saturated rings. The van der Waals surface area contributed by atoms with Gasteiger partial charge in [-0.05, 0) is 50.0 Å². The van der Waals surface area contributed by atoms with Crippen molar-refractivity contribution in [3.05, 3.63) is 259 Å². The van der Waals surface area contributed by atoms with E-state index in [0.717, 1.165) is 33.4 Å². The smallest absolute Gasteiger partial charge is 0.303 e. The summed E-state index contributed by atoms with van der Waals surface area (Å²) in [5.74, 6) is -0.658. The number of azide groups is 3. The first kappa shape index (κ1) is 64.5. The van der Waals surface area contributed by atoms with E-state index in [4.69, 9.17) is 61.6 Å². The summed E-state index contributed by atoms with van der Waals surface area (Å²) in [7, 11) is 0. The summed E-state index contributed by atoms with van der Waals surface area (Å²) in [6, 6.07) is 52.5. The van der Waals surface area contributed by atoms with E-state index in [1.165, 1.54) is 13.0 Å². The molecule has 0 aliphatic carbocycles. The van der Waals surface area contributed by atoms with Crippen LogP contribution in [0.3, 0.4) is 0 Å². The summed E-state index contributed by atoms with van der Waals surface area (Å²) < 4.78 is 86.8. The van der Waals surface area contributed by atoms with Crippen molar-refractivity contribution in [2.24, 2.45) is 15.3 Å². The molecular formula is C65H71N9O14. The molecule has 3 aliphatic rings. The Labute approximate surface area is 510 Å². The normalized spacial score (nSPS) is 26.7. The summed E-state index contributed by atoms with van der Waals surface area (Å²) in [5, 5.41) is 12.8. The van der Waals surface area contributed by atoms with Crippen LogP contribution in [0.25, 0.3) is 31.3 Å². The van der Waals surface area contributed by atoms with Crippen LogP contribution in [0.15, 0.2) is 210 Å². The van der Waals surface area contributed by atoms with Crippen molar-refractivity contribution in [2.75, 3.05) is 26.4 Å². The van der Waals surface area contributed by atoms with Crippen LogP contribution in [0.1, 0.15) is 40.3 Å². The maximum Gasteiger partial charge on any atom is 0.303 e. The lowest BCUT2D eigenvalue weighted by molar-refractivity contribution is -0.358. The van der Waals surface area contributed by atoms with E-state index < -0.39 is 97.9 Å². The third kappa shape index (κ3) is 18.5. The second-order valence-corrected chi connectivity index (χ2v) is 20.9. The highest BCUT2D eigenvalue weighted by atomic mass is 16.8. The number of rotatable bonds is 32. The van der Waals surface area contributed by atoms with Crippen molar-refractivity contribution in [2.45, 2.75) is 138 Å². The van der Waals surface area contributed by atoms with Crippen molar-refractivity contribution >= 4 is 5.97 Å². The first-order valence-electron chi connectivity index (χ1n) is 28.9. The molecule has 0 bridgehead atoms. The standard InChI is InChI=1S/C65H71N9O14/c1-3-34-79-63-54(69-72-66)60(80-38-48-28-16-7-17-29-48)58(52(84-63)42-77-36-46-24-12-5-13-25-46)87-65-56(71-74-68)62(82-40-50-32-20-9-21-33-50)59(53(86-65)43-78-37-47-26-14-6-15-27-47)88-64-55(70-73-67)61(81-39-49-30-18-8-19-31-49)57(83-44(2)75)51(85-64)41-76-35-45-22-10-4-11-23-45/h3-33,51-65H,1,34-43H2,2H3/t51-,52-,53-,54+,55+,56+,57-,58-,59-,60-,61-,62-,63+,64-,65-/m1/s1. The van der Waals surface area contributed by atoms with Crippen LogP contribution in [-0.4, -0.2) is 124 Å². The molecule has 3 heterocycles. The van der Waals surface area contributed by atoms with E-state index in [0.29, 0.717) is 0 Å². The summed E-state index contributed by atoms with van der Waals surface area (Å²) in [4.78, 5) is 22.9. The maximum atomic E-state index is 13.1. The molecule has 6 aromatic rings. The van der Waals surface area contributed by atoms with E-state index in [1.807, 2.05) is 182 Å². The highest BCUT2D eigenvalue weighted by Crippen LogP contribution is 2.39. The molecule has 0 unspecified atom stereocenters. The third-order valence-electron chi connectivity index (χ3n) is 14.7. The Hall–Kier alpha value is -8.02. The Balaban J connectivity index is 1.13. The summed E-state index contributed by atoms with van der Waals surface area (Å²) >= 11 is 0. The Morgan fingerprint density at radius 2 is 0.705 bits per heavy atom. The molecule has 9 rings (SSSR count). The minimum atomic E-state index is -1.54. The van der Waals surface area contributed by atoms with Gasteiger partial charge in [-0.15, -0.1) is 6.58 Å². The summed E-state index contributed by atoms with van der Waals surface area (Å²) in [6.07, 6.45) is -13.5. The van der Waals surface area contributed by atoms with Gasteiger partial charge in [-0.25, -0.2) is 0 Å². The number of nitrogens with zero attached hydrogens (tertiary/aromatic N) is 9. The second-order valence-electron chi connectivity index (χ2n) is 20.9. The monoisotopic (exact) mass is 1200 g/mol. The fraction of sp³-hybridized carbons (Fsp3) is 0.400. The highest BCUT2D eigenvalue weighted by molar-refractivity contribution is 5.66. The van der Waals surface area contributed by atoms with Gasteiger partial charge in [0.1, 0.15) is 67.0 Å². The Bertz CT molecular complexity index is 3190. The van der Waals surface area contributed by atoms with Crippen LogP contribution < -0.4 is 0 Å². The van der Waals surface area contributed by atoms with E-state index in [-0.39, 0.29) is 66.1 Å². The molecule has 0 spiro atoms. The quantitative estimate of drug-likeness (QED) is 0.0125. The molecule has 0 radical (unpaired) electrons. The second kappa shape index (κ2) is 34.5. The van der Waals surface area contributed by atoms with Gasteiger partial charge >= 0.3 is 5.97 Å². The first-order valence-corrected chi connectivity index (χ1v) is 28.9. The number of esters is 1. The Morgan fingerprint density at radius 1 is 0.420 bits per heavy atom. The van der Waals surface area contributed by atoms with Gasteiger partial charge in [0.15, 0.2) is 25.0 Å². The van der Waals surface area contributed by atoms with Crippen molar-refractivity contribution < 1.29 is 66.4 Å². The van der Waals surface area contributed by atoms with Crippen molar-refractivity contribution in [3.8, 4) is 0 Å². The van der Waals surface area contributed by atoms with Crippen LogP contribution in [0, 0.1) is 0 Å². The lowest BCUT2D eigenvalue weighted by Gasteiger charge is -2.50. The lowest BCUT2D eigenvalue weighted by atomic mass is 9.93. The SMILES string of the molecule is C=CCO[C@H]1O[C@H](COCc2ccccc2)[C@@H](O[C@H]2O[C@H](COCc3ccccc3)[C@@H](O[C@H]3O[C@H](COCc4ccccc4)[C@@H](OC(C)=O)[C@H](OCc4ccccc4)[C@@H]3N=[N+]=[N-])[C@H](OCc3ccccc3)[C@@H]2N=[N+]=[N-])[C@H](OCc2ccccc2)[C@@H]1N=[N+]=[N-]. The predicted molar refractivity (Wildman–Crippen MR) is 320 cm³/mol. The maximum absolute atomic E-state index is 13.1. The number of hydrogen-bond acceptors (Lipinski definition) is 17. The van der Waals surface area contributed by atoms with Crippen LogP contribution in [0.5, 0.6) is 0 Å². The molecule has 6 aromatic carbocycles. The number of benzene rings is 6. The molecule has 0 aromatic heterocycles. The van der Waals surface area contributed by atoms with Gasteiger partial charge in [0, 0.05) is 21.7 Å². The van der Waals surface area contributed by atoms with E-state index in [9.17, 15) is 21.4 Å². The van der Waals surface area contributed by atoms with Crippen LogP contribution in [0.4, 0.5) is 0 Å². The topological polar surface area (TPSA) is 283 Å². The molecule has 460 valence electrons. The van der Waals surface area contributed by atoms with Gasteiger partial charge in [-0.2, -0.15) is 0 Å². The van der Waals surface area contributed by atoms with Crippen molar-refractivity contribution in [1.82, 2.24) is 0 Å².